The maximum atomic E-state index is 5.67. The van der Waals surface area contributed by atoms with Gasteiger partial charge >= 0.3 is 0 Å². The van der Waals surface area contributed by atoms with Crippen LogP contribution in [0.5, 0.6) is 5.75 Å². The van der Waals surface area contributed by atoms with Crippen LogP contribution >= 0.6 is 0 Å². The number of aromatic nitrogens is 1. The molecule has 1 heterocycles. The quantitative estimate of drug-likeness (QED) is 0.743. The van der Waals surface area contributed by atoms with Gasteiger partial charge in [-0.2, -0.15) is 0 Å². The van der Waals surface area contributed by atoms with Crippen LogP contribution in [0, 0.1) is 5.92 Å². The van der Waals surface area contributed by atoms with Crippen molar-refractivity contribution in [2.75, 3.05) is 19.8 Å². The normalized spacial score (nSPS) is 11.9. The molecule has 0 saturated carbocycles. The predicted molar refractivity (Wildman–Crippen MR) is 82.0 cm³/mol. The molecule has 20 heavy (non-hydrogen) atoms. The molecule has 1 aromatic heterocycles. The average Bonchev–Trinajstić information content (AvgIpc) is 2.35. The van der Waals surface area contributed by atoms with Crippen LogP contribution in [0.2, 0.25) is 0 Å². The van der Waals surface area contributed by atoms with Gasteiger partial charge in [-0.05, 0) is 32.8 Å². The van der Waals surface area contributed by atoms with Gasteiger partial charge in [-0.15, -0.1) is 0 Å². The van der Waals surface area contributed by atoms with E-state index in [4.69, 9.17) is 9.47 Å². The van der Waals surface area contributed by atoms with E-state index in [2.05, 4.69) is 44.9 Å². The molecule has 0 aliphatic heterocycles. The Morgan fingerprint density at radius 3 is 2.65 bits per heavy atom. The maximum Gasteiger partial charge on any atom is 0.122 e. The topological polar surface area (TPSA) is 43.4 Å². The summed E-state index contributed by atoms with van der Waals surface area (Å²) < 4.78 is 11.2. The van der Waals surface area contributed by atoms with Crippen LogP contribution in [0.1, 0.15) is 40.3 Å². The SMILES string of the molecule is CC(C)COCCOc1ccnc(CNC(C)(C)C)c1. The van der Waals surface area contributed by atoms with E-state index in [1.54, 1.807) is 6.20 Å². The first kappa shape index (κ1) is 16.9. The fourth-order valence-corrected chi connectivity index (χ4v) is 1.54. The van der Waals surface area contributed by atoms with Gasteiger partial charge < -0.3 is 14.8 Å². The lowest BCUT2D eigenvalue weighted by molar-refractivity contribution is 0.0818. The van der Waals surface area contributed by atoms with Crippen LogP contribution < -0.4 is 10.1 Å². The highest BCUT2D eigenvalue weighted by Crippen LogP contribution is 2.12. The lowest BCUT2D eigenvalue weighted by atomic mass is 10.1. The Morgan fingerprint density at radius 2 is 2.00 bits per heavy atom. The fourth-order valence-electron chi connectivity index (χ4n) is 1.54. The van der Waals surface area contributed by atoms with Crippen LogP contribution in [-0.2, 0) is 11.3 Å². The molecule has 114 valence electrons. The van der Waals surface area contributed by atoms with E-state index in [1.807, 2.05) is 12.1 Å². The molecule has 0 amide bonds. The number of nitrogens with zero attached hydrogens (tertiary/aromatic N) is 1. The van der Waals surface area contributed by atoms with Crippen molar-refractivity contribution in [1.82, 2.24) is 10.3 Å². The average molecular weight is 280 g/mol. The van der Waals surface area contributed by atoms with Gasteiger partial charge in [0, 0.05) is 31.0 Å². The zero-order valence-electron chi connectivity index (χ0n) is 13.4. The zero-order chi connectivity index (χ0) is 15.0. The molecule has 0 spiro atoms. The van der Waals surface area contributed by atoms with Crippen molar-refractivity contribution in [2.24, 2.45) is 5.92 Å². The van der Waals surface area contributed by atoms with Gasteiger partial charge in [-0.25, -0.2) is 0 Å². The number of ether oxygens (including phenoxy) is 2. The summed E-state index contributed by atoms with van der Waals surface area (Å²) in [6.45, 7) is 13.4. The Labute approximate surface area is 122 Å². The molecule has 0 bridgehead atoms. The molecule has 0 radical (unpaired) electrons. The van der Waals surface area contributed by atoms with Crippen molar-refractivity contribution in [3.05, 3.63) is 24.0 Å². The monoisotopic (exact) mass is 280 g/mol. The molecule has 4 nitrogen and oxygen atoms in total. The third-order valence-corrected chi connectivity index (χ3v) is 2.54. The Kier molecular flexibility index (Phi) is 6.96. The first-order valence-electron chi connectivity index (χ1n) is 7.27. The second-order valence-corrected chi connectivity index (χ2v) is 6.40. The van der Waals surface area contributed by atoms with Crippen LogP contribution in [0.25, 0.3) is 0 Å². The molecular weight excluding hydrogens is 252 g/mol. The van der Waals surface area contributed by atoms with Gasteiger partial charge in [0.15, 0.2) is 0 Å². The van der Waals surface area contributed by atoms with E-state index in [0.29, 0.717) is 19.1 Å². The fraction of sp³-hybridized carbons (Fsp3) is 0.688. The summed E-state index contributed by atoms with van der Waals surface area (Å²) in [5.41, 5.74) is 1.07. The van der Waals surface area contributed by atoms with Crippen molar-refractivity contribution in [3.8, 4) is 5.75 Å². The Balaban J connectivity index is 2.32. The van der Waals surface area contributed by atoms with E-state index in [0.717, 1.165) is 24.6 Å². The minimum absolute atomic E-state index is 0.0865. The van der Waals surface area contributed by atoms with Crippen molar-refractivity contribution in [3.63, 3.8) is 0 Å². The van der Waals surface area contributed by atoms with Crippen molar-refractivity contribution in [2.45, 2.75) is 46.7 Å². The third-order valence-electron chi connectivity index (χ3n) is 2.54. The van der Waals surface area contributed by atoms with Crippen LogP contribution in [0.15, 0.2) is 18.3 Å². The van der Waals surface area contributed by atoms with E-state index >= 15 is 0 Å². The predicted octanol–water partition coefficient (Wildman–Crippen LogP) is 3.02. The third kappa shape index (κ3) is 8.12. The minimum Gasteiger partial charge on any atom is -0.491 e. The summed E-state index contributed by atoms with van der Waals surface area (Å²) in [5.74, 6) is 1.41. The molecule has 0 saturated heterocycles. The first-order valence-corrected chi connectivity index (χ1v) is 7.27. The van der Waals surface area contributed by atoms with Gasteiger partial charge in [0.25, 0.3) is 0 Å². The summed E-state index contributed by atoms with van der Waals surface area (Å²) in [7, 11) is 0. The smallest absolute Gasteiger partial charge is 0.122 e. The minimum atomic E-state index is 0.0865. The number of pyridine rings is 1. The first-order chi connectivity index (χ1) is 9.37. The van der Waals surface area contributed by atoms with Crippen LogP contribution in [-0.4, -0.2) is 30.3 Å². The lowest BCUT2D eigenvalue weighted by Crippen LogP contribution is -2.35. The van der Waals surface area contributed by atoms with E-state index < -0.39 is 0 Å². The molecule has 0 unspecified atom stereocenters. The summed E-state index contributed by atoms with van der Waals surface area (Å²) in [6, 6.07) is 3.85. The van der Waals surface area contributed by atoms with E-state index in [1.165, 1.54) is 0 Å². The highest BCUT2D eigenvalue weighted by atomic mass is 16.5. The lowest BCUT2D eigenvalue weighted by Gasteiger charge is -2.20. The Hall–Kier alpha value is -1.13. The van der Waals surface area contributed by atoms with Crippen LogP contribution in [0.3, 0.4) is 0 Å². The molecule has 1 rings (SSSR count). The van der Waals surface area contributed by atoms with Gasteiger partial charge in [0.2, 0.25) is 0 Å². The van der Waals surface area contributed by atoms with E-state index in [9.17, 15) is 0 Å². The molecule has 0 fully saturated rings. The van der Waals surface area contributed by atoms with E-state index in [-0.39, 0.29) is 5.54 Å². The standard InChI is InChI=1S/C16H28N2O2/c1-13(2)12-19-8-9-20-15-6-7-17-14(10-15)11-18-16(3,4)5/h6-7,10,13,18H,8-9,11-12H2,1-5H3. The maximum absolute atomic E-state index is 5.67. The number of rotatable bonds is 8. The largest absolute Gasteiger partial charge is 0.491 e. The summed E-state index contributed by atoms with van der Waals surface area (Å²) in [6.07, 6.45) is 1.78. The molecule has 0 atom stereocenters. The highest BCUT2D eigenvalue weighted by Gasteiger charge is 2.09. The molecule has 4 heteroatoms. The molecular formula is C16H28N2O2. The van der Waals surface area contributed by atoms with Crippen LogP contribution in [0.4, 0.5) is 0 Å². The van der Waals surface area contributed by atoms with Gasteiger partial charge in [-0.3, -0.25) is 4.98 Å². The number of hydrogen-bond acceptors (Lipinski definition) is 4. The van der Waals surface area contributed by atoms with Crippen molar-refractivity contribution < 1.29 is 9.47 Å². The molecule has 0 aliphatic rings. The molecule has 0 aromatic carbocycles. The second kappa shape index (κ2) is 8.22. The molecule has 0 aliphatic carbocycles. The summed E-state index contributed by atoms with van der Waals surface area (Å²) in [4.78, 5) is 4.34. The summed E-state index contributed by atoms with van der Waals surface area (Å²) >= 11 is 0. The van der Waals surface area contributed by atoms with Gasteiger partial charge in [-0.1, -0.05) is 13.8 Å². The second-order valence-electron chi connectivity index (χ2n) is 6.40. The molecule has 1 N–H and O–H groups in total. The number of hydrogen-bond donors (Lipinski definition) is 1. The number of nitrogens with one attached hydrogen (secondary N) is 1. The van der Waals surface area contributed by atoms with Crippen molar-refractivity contribution in [1.29, 1.82) is 0 Å². The van der Waals surface area contributed by atoms with Gasteiger partial charge in [0.1, 0.15) is 12.4 Å². The van der Waals surface area contributed by atoms with Crippen molar-refractivity contribution >= 4 is 0 Å². The summed E-state index contributed by atoms with van der Waals surface area (Å²) in [5, 5.41) is 3.41. The zero-order valence-corrected chi connectivity index (χ0v) is 13.4. The highest BCUT2D eigenvalue weighted by molar-refractivity contribution is 5.22. The Bertz CT molecular complexity index is 386. The Morgan fingerprint density at radius 1 is 1.25 bits per heavy atom. The molecule has 1 aromatic rings. The van der Waals surface area contributed by atoms with Gasteiger partial charge in [0.05, 0.1) is 12.3 Å².